The highest BCUT2D eigenvalue weighted by molar-refractivity contribution is 9.10. The first-order chi connectivity index (χ1) is 9.15. The first-order valence-corrected chi connectivity index (χ1v) is 8.13. The van der Waals surface area contributed by atoms with E-state index >= 15 is 0 Å². The van der Waals surface area contributed by atoms with E-state index in [4.69, 9.17) is 16.3 Å². The Kier molecular flexibility index (Phi) is 5.99. The van der Waals surface area contributed by atoms with Gasteiger partial charge in [0.15, 0.2) is 0 Å². The van der Waals surface area contributed by atoms with Gasteiger partial charge in [0.05, 0.1) is 5.02 Å². The van der Waals surface area contributed by atoms with E-state index < -0.39 is 0 Å². The molecule has 0 saturated heterocycles. The zero-order valence-corrected chi connectivity index (χ0v) is 13.6. The van der Waals surface area contributed by atoms with Gasteiger partial charge < -0.3 is 10.1 Å². The van der Waals surface area contributed by atoms with Gasteiger partial charge in [0.25, 0.3) is 0 Å². The fraction of sp³-hybridized carbons (Fsp3) is 0.600. The van der Waals surface area contributed by atoms with Gasteiger partial charge in [-0.05, 0) is 49.8 Å². The minimum absolute atomic E-state index is 0.655. The maximum atomic E-state index is 6.07. The summed E-state index contributed by atoms with van der Waals surface area (Å²) < 4.78 is 6.69. The van der Waals surface area contributed by atoms with Crippen molar-refractivity contribution in [1.29, 1.82) is 0 Å². The van der Waals surface area contributed by atoms with Gasteiger partial charge in [0.2, 0.25) is 0 Å². The SMILES string of the molecule is CC1CCC(NCCOc2cc(Br)ccc2Cl)CC1. The van der Waals surface area contributed by atoms with Crippen LogP contribution in [0, 0.1) is 5.92 Å². The fourth-order valence-electron chi connectivity index (χ4n) is 2.48. The van der Waals surface area contributed by atoms with Crippen LogP contribution in [0.1, 0.15) is 32.6 Å². The molecule has 0 heterocycles. The van der Waals surface area contributed by atoms with Crippen LogP contribution in [0.4, 0.5) is 0 Å². The van der Waals surface area contributed by atoms with Crippen LogP contribution in [-0.2, 0) is 0 Å². The molecule has 0 radical (unpaired) electrons. The summed E-state index contributed by atoms with van der Waals surface area (Å²) in [6, 6.07) is 6.33. The predicted molar refractivity (Wildman–Crippen MR) is 84.1 cm³/mol. The van der Waals surface area contributed by atoms with Crippen LogP contribution in [-0.4, -0.2) is 19.2 Å². The first-order valence-electron chi connectivity index (χ1n) is 6.96. The number of hydrogen-bond donors (Lipinski definition) is 1. The highest BCUT2D eigenvalue weighted by Gasteiger charge is 2.17. The second kappa shape index (κ2) is 7.51. The summed E-state index contributed by atoms with van der Waals surface area (Å²) in [4.78, 5) is 0. The lowest BCUT2D eigenvalue weighted by atomic mass is 9.87. The molecule has 19 heavy (non-hydrogen) atoms. The van der Waals surface area contributed by atoms with Gasteiger partial charge in [-0.2, -0.15) is 0 Å². The number of rotatable bonds is 5. The van der Waals surface area contributed by atoms with Crippen molar-refractivity contribution in [2.24, 2.45) is 5.92 Å². The highest BCUT2D eigenvalue weighted by atomic mass is 79.9. The highest BCUT2D eigenvalue weighted by Crippen LogP contribution is 2.28. The van der Waals surface area contributed by atoms with Crippen LogP contribution in [0.15, 0.2) is 22.7 Å². The molecule has 0 atom stereocenters. The van der Waals surface area contributed by atoms with E-state index in [9.17, 15) is 0 Å². The molecule has 4 heteroatoms. The van der Waals surface area contributed by atoms with Gasteiger partial charge in [-0.25, -0.2) is 0 Å². The van der Waals surface area contributed by atoms with E-state index in [1.807, 2.05) is 18.2 Å². The molecule has 0 aliphatic heterocycles. The smallest absolute Gasteiger partial charge is 0.139 e. The molecule has 2 rings (SSSR count). The monoisotopic (exact) mass is 345 g/mol. The molecule has 0 spiro atoms. The Bertz CT molecular complexity index is 405. The number of benzene rings is 1. The molecule has 1 fully saturated rings. The summed E-state index contributed by atoms with van der Waals surface area (Å²) in [6.45, 7) is 3.87. The van der Waals surface area contributed by atoms with Crippen LogP contribution in [0.25, 0.3) is 0 Å². The third kappa shape index (κ3) is 4.97. The van der Waals surface area contributed by atoms with E-state index in [0.717, 1.165) is 22.7 Å². The summed E-state index contributed by atoms with van der Waals surface area (Å²) >= 11 is 9.49. The summed E-state index contributed by atoms with van der Waals surface area (Å²) in [5.41, 5.74) is 0. The predicted octanol–water partition coefficient (Wildman–Crippen LogP) is 4.65. The lowest BCUT2D eigenvalue weighted by Crippen LogP contribution is -2.35. The minimum Gasteiger partial charge on any atom is -0.491 e. The zero-order valence-electron chi connectivity index (χ0n) is 11.3. The van der Waals surface area contributed by atoms with Crippen molar-refractivity contribution in [1.82, 2.24) is 5.32 Å². The molecule has 2 nitrogen and oxygen atoms in total. The lowest BCUT2D eigenvalue weighted by Gasteiger charge is -2.27. The maximum Gasteiger partial charge on any atom is 0.139 e. The molecule has 1 saturated carbocycles. The average molecular weight is 347 g/mol. The largest absolute Gasteiger partial charge is 0.491 e. The summed E-state index contributed by atoms with van der Waals surface area (Å²) in [7, 11) is 0. The molecular weight excluding hydrogens is 326 g/mol. The van der Waals surface area contributed by atoms with Gasteiger partial charge in [-0.15, -0.1) is 0 Å². The second-order valence-electron chi connectivity index (χ2n) is 5.33. The van der Waals surface area contributed by atoms with Gasteiger partial charge in [-0.1, -0.05) is 34.5 Å². The van der Waals surface area contributed by atoms with Crippen molar-refractivity contribution in [2.45, 2.75) is 38.6 Å². The van der Waals surface area contributed by atoms with Crippen molar-refractivity contribution in [2.75, 3.05) is 13.2 Å². The van der Waals surface area contributed by atoms with Crippen molar-refractivity contribution >= 4 is 27.5 Å². The summed E-state index contributed by atoms with van der Waals surface area (Å²) in [5, 5.41) is 4.23. The first kappa shape index (κ1) is 15.1. The Morgan fingerprint density at radius 1 is 1.32 bits per heavy atom. The third-order valence-electron chi connectivity index (χ3n) is 3.70. The molecule has 1 aliphatic carbocycles. The molecule has 1 aliphatic rings. The molecule has 106 valence electrons. The van der Waals surface area contributed by atoms with E-state index in [2.05, 4.69) is 28.2 Å². The van der Waals surface area contributed by atoms with Crippen molar-refractivity contribution in [3.8, 4) is 5.75 Å². The second-order valence-corrected chi connectivity index (χ2v) is 6.66. The number of halogens is 2. The lowest BCUT2D eigenvalue weighted by molar-refractivity contribution is 0.270. The number of ether oxygens (including phenoxy) is 1. The van der Waals surface area contributed by atoms with E-state index in [-0.39, 0.29) is 0 Å². The van der Waals surface area contributed by atoms with E-state index in [0.29, 0.717) is 17.7 Å². The molecule has 0 amide bonds. The summed E-state index contributed by atoms with van der Waals surface area (Å²) in [5.74, 6) is 1.64. The average Bonchev–Trinajstić information content (AvgIpc) is 2.40. The van der Waals surface area contributed by atoms with E-state index in [1.54, 1.807) is 0 Å². The topological polar surface area (TPSA) is 21.3 Å². The van der Waals surface area contributed by atoms with Crippen LogP contribution < -0.4 is 10.1 Å². The van der Waals surface area contributed by atoms with Crippen LogP contribution in [0.3, 0.4) is 0 Å². The Balaban J connectivity index is 1.68. The van der Waals surface area contributed by atoms with Crippen LogP contribution >= 0.6 is 27.5 Å². The quantitative estimate of drug-likeness (QED) is 0.784. The van der Waals surface area contributed by atoms with Crippen molar-refractivity contribution < 1.29 is 4.74 Å². The Labute approximate surface area is 129 Å². The normalized spacial score (nSPS) is 23.3. The molecule has 0 bridgehead atoms. The Morgan fingerprint density at radius 2 is 2.05 bits per heavy atom. The van der Waals surface area contributed by atoms with Gasteiger partial charge >= 0.3 is 0 Å². The van der Waals surface area contributed by atoms with Gasteiger partial charge in [0, 0.05) is 17.1 Å². The maximum absolute atomic E-state index is 6.07. The third-order valence-corrected chi connectivity index (χ3v) is 4.51. The van der Waals surface area contributed by atoms with Crippen molar-refractivity contribution in [3.63, 3.8) is 0 Å². The standard InChI is InChI=1S/C15H21BrClNO/c1-11-2-5-13(6-3-11)18-8-9-19-15-10-12(16)4-7-14(15)17/h4,7,10-11,13,18H,2-3,5-6,8-9H2,1H3. The van der Waals surface area contributed by atoms with Gasteiger partial charge in [0.1, 0.15) is 12.4 Å². The molecule has 1 aromatic carbocycles. The fourth-order valence-corrected chi connectivity index (χ4v) is 2.99. The molecule has 0 unspecified atom stereocenters. The molecule has 1 N–H and O–H groups in total. The van der Waals surface area contributed by atoms with Gasteiger partial charge in [-0.3, -0.25) is 0 Å². The number of nitrogens with one attached hydrogen (secondary N) is 1. The molecule has 1 aromatic rings. The minimum atomic E-state index is 0.655. The van der Waals surface area contributed by atoms with Crippen LogP contribution in [0.2, 0.25) is 5.02 Å². The van der Waals surface area contributed by atoms with E-state index in [1.165, 1.54) is 25.7 Å². The van der Waals surface area contributed by atoms with Crippen molar-refractivity contribution in [3.05, 3.63) is 27.7 Å². The number of hydrogen-bond acceptors (Lipinski definition) is 2. The molecule has 0 aromatic heterocycles. The molecular formula is C15H21BrClNO. The van der Waals surface area contributed by atoms with Crippen LogP contribution in [0.5, 0.6) is 5.75 Å². The zero-order chi connectivity index (χ0) is 13.7. The Morgan fingerprint density at radius 3 is 2.79 bits per heavy atom. The Hall–Kier alpha value is -0.250. The summed E-state index contributed by atoms with van der Waals surface area (Å²) in [6.07, 6.45) is 5.27.